The number of ketones is 1. The van der Waals surface area contributed by atoms with Gasteiger partial charge in [0, 0.05) is 63.4 Å². The van der Waals surface area contributed by atoms with Crippen molar-refractivity contribution < 1.29 is 47.6 Å². The third-order valence-corrected chi connectivity index (χ3v) is 8.32. The van der Waals surface area contributed by atoms with Crippen LogP contribution in [-0.2, 0) is 24.0 Å². The van der Waals surface area contributed by atoms with Gasteiger partial charge in [0.1, 0.15) is 5.78 Å². The number of rotatable bonds is 20. The van der Waals surface area contributed by atoms with E-state index in [1.807, 2.05) is 6.92 Å². The van der Waals surface area contributed by atoms with Crippen molar-refractivity contribution in [2.75, 3.05) is 18.4 Å². The number of carbonyl (C=O) groups excluding carboxylic acids is 7. The van der Waals surface area contributed by atoms with Crippen molar-refractivity contribution in [3.63, 3.8) is 0 Å². The minimum absolute atomic E-state index is 0.000135. The van der Waals surface area contributed by atoms with Crippen LogP contribution in [0.5, 0.6) is 0 Å². The highest BCUT2D eigenvalue weighted by atomic mass is 16.7. The molecule has 17 nitrogen and oxygen atoms in total. The quantitative estimate of drug-likeness (QED) is 0.0772. The maximum Gasteiger partial charge on any atom is 0.363 e. The van der Waals surface area contributed by atoms with Crippen molar-refractivity contribution >= 4 is 47.4 Å². The zero-order valence-corrected chi connectivity index (χ0v) is 28.2. The number of benzene rings is 1. The third-order valence-electron chi connectivity index (χ3n) is 8.32. The first-order chi connectivity index (χ1) is 24.1. The first-order valence-electron chi connectivity index (χ1n) is 17.1. The molecule has 2 aliphatic rings. The fourth-order valence-corrected chi connectivity index (χ4v) is 5.47. The molecular formula is C33H45N8O9+. The Hall–Kier alpha value is -5.35. The number of hydrogen-bond acceptors (Lipinski definition) is 10. The number of carbonyl (C=O) groups is 7. The van der Waals surface area contributed by atoms with Gasteiger partial charge in [0.15, 0.2) is 0 Å². The predicted octanol–water partition coefficient (Wildman–Crippen LogP) is 2.34. The molecule has 0 aliphatic carbocycles. The van der Waals surface area contributed by atoms with Gasteiger partial charge in [-0.15, -0.1) is 5.06 Å². The molecule has 2 atom stereocenters. The van der Waals surface area contributed by atoms with E-state index in [0.717, 1.165) is 44.9 Å². The molecule has 3 heterocycles. The summed E-state index contributed by atoms with van der Waals surface area (Å²) in [5.41, 5.74) is 0.613. The average molecular weight is 698 g/mol. The second-order valence-electron chi connectivity index (χ2n) is 12.3. The largest absolute Gasteiger partial charge is 0.363 e. The lowest BCUT2D eigenvalue weighted by atomic mass is 10.0. The molecule has 17 heteroatoms. The van der Waals surface area contributed by atoms with Crippen LogP contribution in [0.2, 0.25) is 0 Å². The highest BCUT2D eigenvalue weighted by Crippen LogP contribution is 2.15. The van der Waals surface area contributed by atoms with Gasteiger partial charge in [-0.2, -0.15) is 0 Å². The van der Waals surface area contributed by atoms with Gasteiger partial charge in [0.05, 0.1) is 11.6 Å². The molecule has 1 aromatic heterocycles. The minimum atomic E-state index is -0.857. The Balaban J connectivity index is 0.989. The van der Waals surface area contributed by atoms with E-state index in [9.17, 15) is 33.6 Å². The van der Waals surface area contributed by atoms with E-state index < -0.39 is 23.8 Å². The van der Waals surface area contributed by atoms with E-state index in [1.165, 1.54) is 35.1 Å². The molecular weight excluding hydrogens is 652 g/mol. The number of anilines is 1. The highest BCUT2D eigenvalue weighted by molar-refractivity contribution is 6.02. The number of hydroxylamine groups is 2. The van der Waals surface area contributed by atoms with Crippen molar-refractivity contribution in [2.24, 2.45) is 0 Å². The second kappa shape index (κ2) is 19.0. The lowest BCUT2D eigenvalue weighted by molar-refractivity contribution is -0.670. The smallest absolute Gasteiger partial charge is 0.356 e. The zero-order valence-electron chi connectivity index (χ0n) is 28.2. The van der Waals surface area contributed by atoms with E-state index in [-0.39, 0.29) is 60.6 Å². The van der Waals surface area contributed by atoms with Crippen LogP contribution in [0, 0.1) is 0 Å². The second-order valence-corrected chi connectivity index (χ2v) is 12.3. The summed E-state index contributed by atoms with van der Waals surface area (Å²) >= 11 is 0. The van der Waals surface area contributed by atoms with Crippen molar-refractivity contribution in [1.82, 2.24) is 31.6 Å². The number of urea groups is 2. The van der Waals surface area contributed by atoms with Gasteiger partial charge in [-0.3, -0.25) is 29.0 Å². The number of unbranched alkanes of at least 4 members (excludes halogenated alkanes) is 4. The Morgan fingerprint density at radius 3 is 2.28 bits per heavy atom. The van der Waals surface area contributed by atoms with Crippen LogP contribution in [0.15, 0.2) is 35.0 Å². The summed E-state index contributed by atoms with van der Waals surface area (Å²) in [6.45, 7) is 2.86. The van der Waals surface area contributed by atoms with Crippen LogP contribution in [0.3, 0.4) is 0 Å². The molecule has 270 valence electrons. The molecule has 0 bridgehead atoms. The standard InChI is InChI=1S/C33H44N8O9/c1-22-26(37-33(48)36-22)11-5-2-6-12-27(43)34-19-7-3-4-9-25(42)10-8-20-35-32(47)38-28-21-40(39-49-28)24-15-13-23(14-16-24)31(46)50-41-29(44)17-18-30(41)45/h13-16,21-22,26H,2-12,17-20H2,1H3,(H4-,34,35,36,37,38,39,43,47,48)/p+1. The number of nitrogens with one attached hydrogen (secondary N) is 5. The summed E-state index contributed by atoms with van der Waals surface area (Å²) in [6.07, 6.45) is 9.19. The predicted molar refractivity (Wildman–Crippen MR) is 175 cm³/mol. The summed E-state index contributed by atoms with van der Waals surface area (Å²) in [7, 11) is 0. The maximum atomic E-state index is 12.3. The van der Waals surface area contributed by atoms with Gasteiger partial charge in [0.25, 0.3) is 18.0 Å². The molecule has 0 saturated carbocycles. The monoisotopic (exact) mass is 697 g/mol. The normalized spacial score (nSPS) is 16.9. The lowest BCUT2D eigenvalue weighted by Crippen LogP contribution is -2.33. The molecule has 2 aliphatic heterocycles. The number of hydrogen-bond donors (Lipinski definition) is 5. The fraction of sp³-hybridized carbons (Fsp3) is 0.545. The summed E-state index contributed by atoms with van der Waals surface area (Å²) in [5.74, 6) is -1.78. The first kappa shape index (κ1) is 37.5. The molecule has 2 saturated heterocycles. The maximum absolute atomic E-state index is 12.3. The van der Waals surface area contributed by atoms with Crippen LogP contribution in [0.25, 0.3) is 5.69 Å². The van der Waals surface area contributed by atoms with Crippen LogP contribution >= 0.6 is 0 Å². The number of nitrogens with zero attached hydrogens (tertiary/aromatic N) is 3. The van der Waals surface area contributed by atoms with Crippen LogP contribution in [-0.4, -0.2) is 77.0 Å². The first-order valence-corrected chi connectivity index (χ1v) is 17.1. The number of imide groups is 1. The minimum Gasteiger partial charge on any atom is -0.356 e. The van der Waals surface area contributed by atoms with Gasteiger partial charge in [0.2, 0.25) is 16.9 Å². The van der Waals surface area contributed by atoms with E-state index >= 15 is 0 Å². The van der Waals surface area contributed by atoms with Crippen LogP contribution < -0.4 is 31.3 Å². The van der Waals surface area contributed by atoms with Gasteiger partial charge in [-0.05, 0) is 55.8 Å². The van der Waals surface area contributed by atoms with Gasteiger partial charge in [-0.1, -0.05) is 19.3 Å². The summed E-state index contributed by atoms with van der Waals surface area (Å²) < 4.78 is 6.46. The molecule has 50 heavy (non-hydrogen) atoms. The van der Waals surface area contributed by atoms with Gasteiger partial charge in [-0.25, -0.2) is 14.4 Å². The molecule has 2 aromatic rings. The Bertz CT molecular complexity index is 1510. The SMILES string of the molecule is CC1NC(=O)NC1CCCCCC(=O)NCCCCCC(=O)CCCNC(=O)Nc1c[n+](-c2ccc(C(=O)ON3C(=O)CCC3=O)cc2)no1. The van der Waals surface area contributed by atoms with E-state index in [2.05, 4.69) is 31.9 Å². The highest BCUT2D eigenvalue weighted by Gasteiger charge is 2.33. The van der Waals surface area contributed by atoms with Crippen LogP contribution in [0.4, 0.5) is 15.5 Å². The molecule has 7 amide bonds. The number of Topliss-reactive ketones (excluding diaryl/α,β-unsaturated/α-hetero) is 1. The fourth-order valence-electron chi connectivity index (χ4n) is 5.47. The van der Waals surface area contributed by atoms with Gasteiger partial charge >= 0.3 is 23.9 Å². The molecule has 5 N–H and O–H groups in total. The third kappa shape index (κ3) is 12.0. The Morgan fingerprint density at radius 1 is 0.880 bits per heavy atom. The molecule has 2 unspecified atom stereocenters. The topological polar surface area (TPSA) is 222 Å². The van der Waals surface area contributed by atoms with Crippen molar-refractivity contribution in [3.8, 4) is 5.69 Å². The van der Waals surface area contributed by atoms with E-state index in [1.54, 1.807) is 0 Å². The van der Waals surface area contributed by atoms with Crippen LogP contribution in [0.1, 0.15) is 101 Å². The molecule has 2 fully saturated rings. The zero-order chi connectivity index (χ0) is 35.9. The van der Waals surface area contributed by atoms with Crippen molar-refractivity contribution in [3.05, 3.63) is 36.0 Å². The Labute approximate surface area is 289 Å². The van der Waals surface area contributed by atoms with Crippen molar-refractivity contribution in [1.29, 1.82) is 0 Å². The number of aromatic nitrogens is 2. The Morgan fingerprint density at radius 2 is 1.56 bits per heavy atom. The Kier molecular flexibility index (Phi) is 14.2. The van der Waals surface area contributed by atoms with E-state index in [4.69, 9.17) is 9.36 Å². The van der Waals surface area contributed by atoms with Crippen molar-refractivity contribution in [2.45, 2.75) is 102 Å². The molecule has 0 radical (unpaired) electrons. The van der Waals surface area contributed by atoms with Gasteiger partial charge < -0.3 is 26.1 Å². The molecule has 4 rings (SSSR count). The average Bonchev–Trinajstić information content (AvgIpc) is 3.78. The summed E-state index contributed by atoms with van der Waals surface area (Å²) in [4.78, 5) is 88.3. The molecule has 1 aromatic carbocycles. The van der Waals surface area contributed by atoms with E-state index in [0.29, 0.717) is 43.0 Å². The molecule has 0 spiro atoms. The number of amides is 7. The lowest BCUT2D eigenvalue weighted by Gasteiger charge is -2.13. The summed E-state index contributed by atoms with van der Waals surface area (Å²) in [6, 6.07) is 5.58. The summed E-state index contributed by atoms with van der Waals surface area (Å²) in [5, 5.41) is 18.2.